The average molecular weight is 240 g/mol. The maximum absolute atomic E-state index is 11.2. The minimum absolute atomic E-state index is 0.201. The first kappa shape index (κ1) is 12.0. The van der Waals surface area contributed by atoms with Crippen LogP contribution in [0.15, 0.2) is 39.6 Å². The zero-order valence-corrected chi connectivity index (χ0v) is 9.97. The van der Waals surface area contributed by atoms with Crippen LogP contribution in [0.25, 0.3) is 17.0 Å². The van der Waals surface area contributed by atoms with E-state index in [9.17, 15) is 4.79 Å². The minimum Gasteiger partial charge on any atom is -0.480 e. The van der Waals surface area contributed by atoms with E-state index in [0.29, 0.717) is 11.3 Å². The van der Waals surface area contributed by atoms with Gasteiger partial charge < -0.3 is 9.15 Å². The van der Waals surface area contributed by atoms with Gasteiger partial charge in [0.1, 0.15) is 17.9 Å². The highest BCUT2D eigenvalue weighted by Crippen LogP contribution is 2.28. The molecule has 0 bridgehead atoms. The molecule has 18 heavy (non-hydrogen) atoms. The van der Waals surface area contributed by atoms with Crippen molar-refractivity contribution in [2.24, 2.45) is 0 Å². The van der Waals surface area contributed by atoms with Crippen LogP contribution in [0, 0.1) is 12.3 Å². The van der Waals surface area contributed by atoms with Crippen LogP contribution >= 0.6 is 0 Å². The summed E-state index contributed by atoms with van der Waals surface area (Å²) in [7, 11) is 0. The first-order valence-corrected chi connectivity index (χ1v) is 5.52. The van der Waals surface area contributed by atoms with Crippen LogP contribution in [0.5, 0.6) is 5.75 Å². The largest absolute Gasteiger partial charge is 0.480 e. The lowest BCUT2D eigenvalue weighted by Crippen LogP contribution is -1.99. The molecule has 0 fully saturated rings. The van der Waals surface area contributed by atoms with Gasteiger partial charge in [0.15, 0.2) is 0 Å². The fraction of sp³-hybridized carbons (Fsp3) is 0.133. The number of rotatable bonds is 3. The molecule has 3 nitrogen and oxygen atoms in total. The van der Waals surface area contributed by atoms with Gasteiger partial charge in [0.05, 0.1) is 0 Å². The van der Waals surface area contributed by atoms with Crippen LogP contribution in [0.4, 0.5) is 0 Å². The molecule has 0 saturated carbocycles. The summed E-state index contributed by atoms with van der Waals surface area (Å²) >= 11 is 0. The summed E-state index contributed by atoms with van der Waals surface area (Å²) in [6, 6.07) is 6.56. The molecule has 3 heteroatoms. The topological polar surface area (TPSA) is 39.4 Å². The number of fused-ring (bicyclic) bond motifs is 1. The molecule has 0 N–H and O–H groups in total. The lowest BCUT2D eigenvalue weighted by atomic mass is 10.1. The van der Waals surface area contributed by atoms with Gasteiger partial charge in [0.2, 0.25) is 0 Å². The highest BCUT2D eigenvalue weighted by atomic mass is 16.5. The van der Waals surface area contributed by atoms with Crippen LogP contribution in [0.3, 0.4) is 0 Å². The molecular weight excluding hydrogens is 228 g/mol. The van der Waals surface area contributed by atoms with Crippen molar-refractivity contribution in [3.8, 4) is 18.1 Å². The predicted molar refractivity (Wildman–Crippen MR) is 71.5 cm³/mol. The summed E-state index contributed by atoms with van der Waals surface area (Å²) in [6.07, 6.45) is 8.97. The molecule has 1 heterocycles. The van der Waals surface area contributed by atoms with Gasteiger partial charge in [-0.25, -0.2) is 4.79 Å². The molecule has 0 amide bonds. The molecule has 1 aromatic carbocycles. The van der Waals surface area contributed by atoms with Gasteiger partial charge in [-0.15, -0.1) is 6.42 Å². The summed E-state index contributed by atoms with van der Waals surface area (Å²) in [5.74, 6) is 3.10. The molecule has 0 spiro atoms. The van der Waals surface area contributed by atoms with Crippen LogP contribution < -0.4 is 10.4 Å². The second kappa shape index (κ2) is 5.24. The van der Waals surface area contributed by atoms with Crippen molar-refractivity contribution in [1.82, 2.24) is 0 Å². The maximum Gasteiger partial charge on any atom is 0.336 e. The van der Waals surface area contributed by atoms with Crippen molar-refractivity contribution in [2.45, 2.75) is 6.92 Å². The Morgan fingerprint density at radius 1 is 1.39 bits per heavy atom. The Morgan fingerprint density at radius 2 is 2.22 bits per heavy atom. The number of hydrogen-bond donors (Lipinski definition) is 0. The average Bonchev–Trinajstić information content (AvgIpc) is 2.37. The Morgan fingerprint density at radius 3 is 2.94 bits per heavy atom. The monoisotopic (exact) mass is 240 g/mol. The summed E-state index contributed by atoms with van der Waals surface area (Å²) in [5.41, 5.74) is 1.02. The van der Waals surface area contributed by atoms with E-state index in [-0.39, 0.29) is 12.2 Å². The molecular formula is C15H12O3. The number of benzene rings is 1. The van der Waals surface area contributed by atoms with E-state index in [2.05, 4.69) is 5.92 Å². The second-order valence-corrected chi connectivity index (χ2v) is 3.64. The highest BCUT2D eigenvalue weighted by Gasteiger charge is 2.07. The van der Waals surface area contributed by atoms with E-state index in [1.807, 2.05) is 19.1 Å². The second-order valence-electron chi connectivity index (χ2n) is 3.64. The molecule has 1 aromatic heterocycles. The zero-order valence-electron chi connectivity index (χ0n) is 9.97. The summed E-state index contributed by atoms with van der Waals surface area (Å²) in [4.78, 5) is 11.2. The van der Waals surface area contributed by atoms with Gasteiger partial charge in [0.25, 0.3) is 0 Å². The summed E-state index contributed by atoms with van der Waals surface area (Å²) < 4.78 is 10.6. The van der Waals surface area contributed by atoms with Crippen molar-refractivity contribution in [3.05, 3.63) is 46.3 Å². The minimum atomic E-state index is -0.369. The van der Waals surface area contributed by atoms with Gasteiger partial charge in [0, 0.05) is 17.0 Å². The number of allylic oxidation sites excluding steroid dienone is 1. The van der Waals surface area contributed by atoms with Gasteiger partial charge in [-0.1, -0.05) is 18.1 Å². The quantitative estimate of drug-likeness (QED) is 0.611. The van der Waals surface area contributed by atoms with Crippen LogP contribution in [-0.4, -0.2) is 6.61 Å². The van der Waals surface area contributed by atoms with E-state index in [1.165, 1.54) is 6.07 Å². The SMILES string of the molecule is C#CCOc1ccc2oc(=O)ccc2c1C=CC. The third kappa shape index (κ3) is 2.28. The normalized spacial score (nSPS) is 10.7. The van der Waals surface area contributed by atoms with Crippen LogP contribution in [0.2, 0.25) is 0 Å². The molecule has 0 unspecified atom stereocenters. The van der Waals surface area contributed by atoms with E-state index in [0.717, 1.165) is 10.9 Å². The van der Waals surface area contributed by atoms with E-state index >= 15 is 0 Å². The van der Waals surface area contributed by atoms with Crippen molar-refractivity contribution >= 4 is 17.0 Å². The molecule has 0 saturated heterocycles. The Kier molecular flexibility index (Phi) is 3.49. The fourth-order valence-corrected chi connectivity index (χ4v) is 1.73. The zero-order chi connectivity index (χ0) is 13.0. The molecule has 90 valence electrons. The Balaban J connectivity index is 2.66. The Hall–Kier alpha value is -2.47. The third-order valence-electron chi connectivity index (χ3n) is 2.45. The third-order valence-corrected chi connectivity index (χ3v) is 2.45. The number of hydrogen-bond acceptors (Lipinski definition) is 3. The first-order valence-electron chi connectivity index (χ1n) is 5.52. The highest BCUT2D eigenvalue weighted by molar-refractivity contribution is 5.89. The summed E-state index contributed by atoms with van der Waals surface area (Å²) in [5, 5.41) is 0.822. The lowest BCUT2D eigenvalue weighted by molar-refractivity contribution is 0.370. The standard InChI is InChI=1S/C15H12O3/c1-3-5-11-12-6-9-15(16)18-14(12)8-7-13(11)17-10-4-2/h2-3,5-9H,10H2,1H3. The maximum atomic E-state index is 11.2. The predicted octanol–water partition coefficient (Wildman–Crippen LogP) is 2.84. The van der Waals surface area contributed by atoms with Crippen molar-refractivity contribution in [3.63, 3.8) is 0 Å². The molecule has 0 aliphatic carbocycles. The number of terminal acetylenes is 1. The van der Waals surface area contributed by atoms with Crippen molar-refractivity contribution in [1.29, 1.82) is 0 Å². The molecule has 0 aliphatic heterocycles. The lowest BCUT2D eigenvalue weighted by Gasteiger charge is -2.09. The van der Waals surface area contributed by atoms with Crippen LogP contribution in [-0.2, 0) is 0 Å². The molecule has 0 atom stereocenters. The molecule has 0 radical (unpaired) electrons. The van der Waals surface area contributed by atoms with Crippen molar-refractivity contribution < 1.29 is 9.15 Å². The Labute approximate surface area is 105 Å². The molecule has 2 aromatic rings. The van der Waals surface area contributed by atoms with E-state index in [4.69, 9.17) is 15.6 Å². The van der Waals surface area contributed by atoms with E-state index < -0.39 is 0 Å². The fourth-order valence-electron chi connectivity index (χ4n) is 1.73. The van der Waals surface area contributed by atoms with Gasteiger partial charge in [-0.05, 0) is 25.1 Å². The number of ether oxygens (including phenoxy) is 1. The van der Waals surface area contributed by atoms with Gasteiger partial charge in [-0.2, -0.15) is 0 Å². The summed E-state index contributed by atoms with van der Waals surface area (Å²) in [6.45, 7) is 2.11. The Bertz CT molecular complexity index is 687. The smallest absolute Gasteiger partial charge is 0.336 e. The molecule has 2 rings (SSSR count). The van der Waals surface area contributed by atoms with Crippen molar-refractivity contribution in [2.75, 3.05) is 6.61 Å². The first-order chi connectivity index (χ1) is 8.76. The van der Waals surface area contributed by atoms with Gasteiger partial charge in [-0.3, -0.25) is 0 Å². The van der Waals surface area contributed by atoms with E-state index in [1.54, 1.807) is 18.2 Å². The molecule has 0 aliphatic rings. The van der Waals surface area contributed by atoms with Crippen LogP contribution in [0.1, 0.15) is 12.5 Å². The van der Waals surface area contributed by atoms with Gasteiger partial charge >= 0.3 is 5.63 Å².